The lowest BCUT2D eigenvalue weighted by atomic mass is 9.99. The second-order valence-electron chi connectivity index (χ2n) is 7.86. The Kier molecular flexibility index (Phi) is 7.47. The Balaban J connectivity index is 1.35. The summed E-state index contributed by atoms with van der Waals surface area (Å²) in [6, 6.07) is 15.5. The minimum absolute atomic E-state index is 0.0201. The van der Waals surface area contributed by atoms with E-state index in [-0.39, 0.29) is 30.0 Å². The molecule has 0 bridgehead atoms. The van der Waals surface area contributed by atoms with Gasteiger partial charge in [0.1, 0.15) is 18.1 Å². The first kappa shape index (κ1) is 22.7. The summed E-state index contributed by atoms with van der Waals surface area (Å²) in [5, 5.41) is 8.27. The number of aromatic amines is 1. The molecule has 1 aromatic heterocycles. The van der Waals surface area contributed by atoms with Crippen molar-refractivity contribution in [1.29, 1.82) is 0 Å². The lowest BCUT2D eigenvalue weighted by Gasteiger charge is -2.28. The fraction of sp³-hybridized carbons (Fsp3) is 0.360. The van der Waals surface area contributed by atoms with Crippen LogP contribution in [0.25, 0.3) is 11.4 Å². The molecular weight excluding hydrogens is 420 g/mol. The molecule has 1 aliphatic rings. The zero-order chi connectivity index (χ0) is 23.0. The van der Waals surface area contributed by atoms with Crippen molar-refractivity contribution >= 4 is 5.91 Å². The van der Waals surface area contributed by atoms with Crippen LogP contribution >= 0.6 is 0 Å². The number of nitrogens with one attached hydrogen (secondary N) is 1. The minimum Gasteiger partial charge on any atom is -0.491 e. The molecule has 0 aliphatic carbocycles. The second kappa shape index (κ2) is 10.9. The highest BCUT2D eigenvalue weighted by Crippen LogP contribution is 2.21. The predicted octanol–water partition coefficient (Wildman–Crippen LogP) is 2.76. The molecule has 2 aromatic carbocycles. The number of carbonyl (C=O) groups excluding carboxylic acids is 1. The predicted molar refractivity (Wildman–Crippen MR) is 124 cm³/mol. The summed E-state index contributed by atoms with van der Waals surface area (Å²) in [6.45, 7) is 4.83. The van der Waals surface area contributed by atoms with E-state index >= 15 is 0 Å². The van der Waals surface area contributed by atoms with Crippen molar-refractivity contribution in [2.45, 2.75) is 32.7 Å². The molecule has 0 saturated carbocycles. The fourth-order valence-corrected chi connectivity index (χ4v) is 3.84. The lowest BCUT2D eigenvalue weighted by molar-refractivity contribution is -0.132. The average molecular weight is 449 g/mol. The SMILES string of the molecule is CCOCCOc1cccc(-c2nnc(CCC(=O)N3CCc4ccccc4C3)c(=O)[nH]2)c1. The third kappa shape index (κ3) is 5.84. The third-order valence-electron chi connectivity index (χ3n) is 5.63. The van der Waals surface area contributed by atoms with E-state index < -0.39 is 0 Å². The van der Waals surface area contributed by atoms with E-state index in [0.717, 1.165) is 6.42 Å². The summed E-state index contributed by atoms with van der Waals surface area (Å²) in [7, 11) is 0. The second-order valence-corrected chi connectivity index (χ2v) is 7.86. The summed E-state index contributed by atoms with van der Waals surface area (Å²) >= 11 is 0. The van der Waals surface area contributed by atoms with Crippen LogP contribution in [0, 0.1) is 0 Å². The lowest BCUT2D eigenvalue weighted by Crippen LogP contribution is -2.36. The summed E-state index contributed by atoms with van der Waals surface area (Å²) in [5.74, 6) is 1.04. The normalized spacial score (nSPS) is 12.9. The number of amides is 1. The molecular formula is C25H28N4O4. The highest BCUT2D eigenvalue weighted by molar-refractivity contribution is 5.76. The van der Waals surface area contributed by atoms with Crippen molar-refractivity contribution in [2.24, 2.45) is 0 Å². The molecule has 1 N–H and O–H groups in total. The molecule has 0 fully saturated rings. The molecule has 4 rings (SSSR count). The number of aryl methyl sites for hydroxylation is 1. The number of fused-ring (bicyclic) bond motifs is 1. The number of hydrogen-bond donors (Lipinski definition) is 1. The zero-order valence-corrected chi connectivity index (χ0v) is 18.8. The summed E-state index contributed by atoms with van der Waals surface area (Å²) in [5.41, 5.74) is 3.10. The molecule has 1 aliphatic heterocycles. The van der Waals surface area contributed by atoms with Gasteiger partial charge in [-0.1, -0.05) is 36.4 Å². The Morgan fingerprint density at radius 1 is 1.09 bits per heavy atom. The van der Waals surface area contributed by atoms with Crippen LogP contribution in [0.5, 0.6) is 5.75 Å². The molecule has 172 valence electrons. The largest absolute Gasteiger partial charge is 0.491 e. The van der Waals surface area contributed by atoms with Crippen LogP contribution in [-0.4, -0.2) is 52.4 Å². The van der Waals surface area contributed by atoms with E-state index in [4.69, 9.17) is 9.47 Å². The van der Waals surface area contributed by atoms with Crippen molar-refractivity contribution in [3.05, 3.63) is 75.7 Å². The van der Waals surface area contributed by atoms with Crippen LogP contribution in [0.3, 0.4) is 0 Å². The van der Waals surface area contributed by atoms with Gasteiger partial charge in [-0.25, -0.2) is 0 Å². The minimum atomic E-state index is -0.334. The monoisotopic (exact) mass is 448 g/mol. The van der Waals surface area contributed by atoms with Crippen LogP contribution in [0.4, 0.5) is 0 Å². The molecule has 0 atom stereocenters. The van der Waals surface area contributed by atoms with Crippen LogP contribution in [0.15, 0.2) is 53.3 Å². The maximum Gasteiger partial charge on any atom is 0.273 e. The van der Waals surface area contributed by atoms with E-state index in [0.29, 0.717) is 50.0 Å². The highest BCUT2D eigenvalue weighted by atomic mass is 16.5. The van der Waals surface area contributed by atoms with Crippen LogP contribution in [0.2, 0.25) is 0 Å². The average Bonchev–Trinajstić information content (AvgIpc) is 2.85. The van der Waals surface area contributed by atoms with Crippen molar-refractivity contribution in [1.82, 2.24) is 20.1 Å². The Labute approximate surface area is 192 Å². The Bertz CT molecular complexity index is 1160. The first-order valence-corrected chi connectivity index (χ1v) is 11.3. The topological polar surface area (TPSA) is 97.4 Å². The van der Waals surface area contributed by atoms with E-state index in [1.54, 1.807) is 6.07 Å². The van der Waals surface area contributed by atoms with Gasteiger partial charge in [0.05, 0.1) is 6.61 Å². The van der Waals surface area contributed by atoms with Crippen LogP contribution in [-0.2, 0) is 28.9 Å². The van der Waals surface area contributed by atoms with Crippen molar-refractivity contribution in [3.8, 4) is 17.1 Å². The van der Waals surface area contributed by atoms with Gasteiger partial charge in [0, 0.05) is 38.1 Å². The number of rotatable bonds is 9. The van der Waals surface area contributed by atoms with Crippen molar-refractivity contribution in [2.75, 3.05) is 26.4 Å². The van der Waals surface area contributed by atoms with E-state index in [2.05, 4.69) is 27.3 Å². The molecule has 8 nitrogen and oxygen atoms in total. The highest BCUT2D eigenvalue weighted by Gasteiger charge is 2.20. The molecule has 0 radical (unpaired) electrons. The van der Waals surface area contributed by atoms with Crippen LogP contribution < -0.4 is 10.3 Å². The number of benzene rings is 2. The van der Waals surface area contributed by atoms with Crippen molar-refractivity contribution in [3.63, 3.8) is 0 Å². The molecule has 3 aromatic rings. The number of nitrogens with zero attached hydrogens (tertiary/aromatic N) is 3. The third-order valence-corrected chi connectivity index (χ3v) is 5.63. The first-order chi connectivity index (χ1) is 16.1. The van der Waals surface area contributed by atoms with E-state index in [1.807, 2.05) is 42.2 Å². The van der Waals surface area contributed by atoms with Crippen LogP contribution in [0.1, 0.15) is 30.2 Å². The number of hydrogen-bond acceptors (Lipinski definition) is 6. The van der Waals surface area contributed by atoms with Crippen molar-refractivity contribution < 1.29 is 14.3 Å². The molecule has 8 heteroatoms. The van der Waals surface area contributed by atoms with Gasteiger partial charge in [0.2, 0.25) is 5.91 Å². The zero-order valence-electron chi connectivity index (χ0n) is 18.8. The maximum atomic E-state index is 12.7. The molecule has 0 spiro atoms. The standard InChI is InChI=1S/C25H28N4O4/c1-2-32-14-15-33-21-9-5-8-19(16-21)24-26-25(31)22(27-28-24)10-11-23(30)29-13-12-18-6-3-4-7-20(18)17-29/h3-9,16H,2,10-15,17H2,1H3,(H,26,28,31). The smallest absolute Gasteiger partial charge is 0.273 e. The summed E-state index contributed by atoms with van der Waals surface area (Å²) < 4.78 is 10.9. The Hall–Kier alpha value is -3.52. The first-order valence-electron chi connectivity index (χ1n) is 11.3. The van der Waals surface area contributed by atoms with Gasteiger partial charge in [0.15, 0.2) is 5.82 Å². The van der Waals surface area contributed by atoms with Gasteiger partial charge in [-0.2, -0.15) is 0 Å². The summed E-state index contributed by atoms with van der Waals surface area (Å²) in [6.07, 6.45) is 1.33. The number of carbonyl (C=O) groups is 1. The van der Waals surface area contributed by atoms with Gasteiger partial charge in [-0.05, 0) is 36.6 Å². The number of ether oxygens (including phenoxy) is 2. The van der Waals surface area contributed by atoms with Gasteiger partial charge in [0.25, 0.3) is 5.56 Å². The van der Waals surface area contributed by atoms with Gasteiger partial charge < -0.3 is 19.4 Å². The Morgan fingerprint density at radius 3 is 2.76 bits per heavy atom. The van der Waals surface area contributed by atoms with E-state index in [1.165, 1.54) is 11.1 Å². The summed E-state index contributed by atoms with van der Waals surface area (Å²) in [4.78, 5) is 29.9. The quantitative estimate of drug-likeness (QED) is 0.506. The molecule has 33 heavy (non-hydrogen) atoms. The molecule has 2 heterocycles. The van der Waals surface area contributed by atoms with Gasteiger partial charge in [-0.15, -0.1) is 10.2 Å². The number of H-pyrrole nitrogens is 1. The number of aromatic nitrogens is 3. The maximum absolute atomic E-state index is 12.7. The Morgan fingerprint density at radius 2 is 1.94 bits per heavy atom. The fourth-order valence-electron chi connectivity index (χ4n) is 3.84. The molecule has 0 saturated heterocycles. The molecule has 0 unspecified atom stereocenters. The van der Waals surface area contributed by atoms with Gasteiger partial charge in [-0.3, -0.25) is 9.59 Å². The molecule has 1 amide bonds. The van der Waals surface area contributed by atoms with E-state index in [9.17, 15) is 9.59 Å². The van der Waals surface area contributed by atoms with Gasteiger partial charge >= 0.3 is 0 Å².